The largest absolute Gasteiger partial charge is 0.508 e. The van der Waals surface area contributed by atoms with Gasteiger partial charge in [-0.15, -0.1) is 0 Å². The average molecular weight is 446 g/mol. The number of carboxylic acid groups (broad SMARTS) is 1. The van der Waals surface area contributed by atoms with Gasteiger partial charge in [0.25, 0.3) is 0 Å². The lowest BCUT2D eigenvalue weighted by Crippen LogP contribution is -1.99. The van der Waals surface area contributed by atoms with Gasteiger partial charge in [-0.05, 0) is 49.2 Å². The van der Waals surface area contributed by atoms with E-state index >= 15 is 0 Å². The lowest BCUT2D eigenvalue weighted by molar-refractivity contribution is -0.136. The van der Waals surface area contributed by atoms with Crippen LogP contribution in [0.1, 0.15) is 25.0 Å². The summed E-state index contributed by atoms with van der Waals surface area (Å²) < 4.78 is 31.6. The first-order chi connectivity index (χ1) is 13.8. The Morgan fingerprint density at radius 3 is 1.47 bits per heavy atom. The van der Waals surface area contributed by atoms with E-state index in [4.69, 9.17) is 37.9 Å². The summed E-state index contributed by atoms with van der Waals surface area (Å²) in [5, 5.41) is 33.9. The van der Waals surface area contributed by atoms with Crippen LogP contribution >= 0.6 is 0 Å². The molecule has 0 amide bonds. The molecule has 0 radical (unpaired) electrons. The topological polar surface area (TPSA) is 190 Å². The van der Waals surface area contributed by atoms with Crippen molar-refractivity contribution >= 4 is 22.2 Å². The minimum atomic E-state index is -4.67. The smallest absolute Gasteiger partial charge is 0.394 e. The molecule has 0 fully saturated rings. The molecule has 0 atom stereocenters. The van der Waals surface area contributed by atoms with Crippen LogP contribution in [0.15, 0.2) is 48.5 Å². The fourth-order valence-electron chi connectivity index (χ4n) is 1.79. The van der Waals surface area contributed by atoms with Crippen LogP contribution in [0.3, 0.4) is 0 Å². The first kappa shape index (κ1) is 29.2. The molecule has 0 aromatic heterocycles. The molecule has 0 spiro atoms. The van der Waals surface area contributed by atoms with E-state index in [1.54, 1.807) is 37.3 Å². The molecule has 6 N–H and O–H groups in total. The van der Waals surface area contributed by atoms with Crippen molar-refractivity contribution in [1.29, 1.82) is 0 Å². The highest BCUT2D eigenvalue weighted by Crippen LogP contribution is 2.11. The zero-order chi connectivity index (χ0) is 23.7. The van der Waals surface area contributed by atoms with Gasteiger partial charge in [0, 0.05) is 13.0 Å². The molecule has 10 nitrogen and oxygen atoms in total. The summed E-state index contributed by atoms with van der Waals surface area (Å²) in [6, 6.07) is 13.0. The maximum Gasteiger partial charge on any atom is 0.394 e. The quantitative estimate of drug-likeness (QED) is 0.378. The average Bonchev–Trinajstić information content (AvgIpc) is 2.53. The number of Topliss-reactive ketones (excluding diaryl/α,β-unsaturated/α-hetero) is 1. The molecule has 168 valence electrons. The Kier molecular flexibility index (Phi) is 15.5. The summed E-state index contributed by atoms with van der Waals surface area (Å²) in [5.74, 6) is -0.473. The van der Waals surface area contributed by atoms with Crippen molar-refractivity contribution in [1.82, 2.24) is 0 Å². The second-order valence-corrected chi connectivity index (χ2v) is 6.45. The second kappa shape index (κ2) is 15.9. The zero-order valence-electron chi connectivity index (χ0n) is 16.5. The third-order valence-corrected chi connectivity index (χ3v) is 2.63. The number of hydrogen-bond donors (Lipinski definition) is 6. The predicted octanol–water partition coefficient (Wildman–Crippen LogP) is 1.89. The van der Waals surface area contributed by atoms with Crippen molar-refractivity contribution in [2.24, 2.45) is 0 Å². The lowest BCUT2D eigenvalue weighted by atomic mass is 10.1. The number of benzene rings is 2. The van der Waals surface area contributed by atoms with Gasteiger partial charge in [-0.25, -0.2) is 0 Å². The van der Waals surface area contributed by atoms with Crippen molar-refractivity contribution < 1.29 is 47.5 Å². The number of phenolic OH excluding ortho intramolecular Hbond substituents is 2. The molecule has 0 aliphatic heterocycles. The van der Waals surface area contributed by atoms with Crippen molar-refractivity contribution in [2.45, 2.75) is 26.7 Å². The first-order valence-corrected chi connectivity index (χ1v) is 9.75. The van der Waals surface area contributed by atoms with Crippen LogP contribution in [-0.4, -0.2) is 56.3 Å². The number of aliphatic hydroxyl groups is 1. The molecule has 30 heavy (non-hydrogen) atoms. The molecule has 0 aliphatic rings. The summed E-state index contributed by atoms with van der Waals surface area (Å²) >= 11 is 0. The molecule has 0 saturated carbocycles. The number of rotatable bonds is 4. The van der Waals surface area contributed by atoms with Crippen LogP contribution in [0.2, 0.25) is 0 Å². The molecule has 11 heteroatoms. The Labute approximate surface area is 174 Å². The summed E-state index contributed by atoms with van der Waals surface area (Å²) in [6.45, 7) is 3.46. The van der Waals surface area contributed by atoms with Crippen LogP contribution < -0.4 is 0 Å². The summed E-state index contributed by atoms with van der Waals surface area (Å²) in [4.78, 5) is 20.8. The Morgan fingerprint density at radius 1 is 0.867 bits per heavy atom. The van der Waals surface area contributed by atoms with E-state index < -0.39 is 16.4 Å². The molecular weight excluding hydrogens is 420 g/mol. The number of aliphatic carboxylic acids is 1. The van der Waals surface area contributed by atoms with Crippen LogP contribution in [0.4, 0.5) is 0 Å². The number of hydrogen-bond acceptors (Lipinski definition) is 7. The number of carbonyl (C=O) groups excluding carboxylic acids is 1. The minimum Gasteiger partial charge on any atom is -0.508 e. The molecular formula is C19H26O10S. The van der Waals surface area contributed by atoms with E-state index in [9.17, 15) is 9.59 Å². The Morgan fingerprint density at radius 2 is 1.20 bits per heavy atom. The van der Waals surface area contributed by atoms with Gasteiger partial charge in [-0.1, -0.05) is 24.3 Å². The maximum absolute atomic E-state index is 10.6. The molecule has 2 aromatic rings. The van der Waals surface area contributed by atoms with Crippen molar-refractivity contribution in [3.05, 3.63) is 59.7 Å². The third kappa shape index (κ3) is 23.0. The molecule has 0 aliphatic carbocycles. The van der Waals surface area contributed by atoms with Crippen LogP contribution in [0.5, 0.6) is 11.5 Å². The van der Waals surface area contributed by atoms with Gasteiger partial charge in [0.2, 0.25) is 0 Å². The minimum absolute atomic E-state index is 0.0472. The number of aliphatic hydroxyl groups excluding tert-OH is 1. The molecule has 2 aromatic carbocycles. The van der Waals surface area contributed by atoms with E-state index in [1.807, 2.05) is 6.07 Å². The molecule has 2 rings (SSSR count). The lowest BCUT2D eigenvalue weighted by Gasteiger charge is -1.96. The van der Waals surface area contributed by atoms with E-state index in [0.29, 0.717) is 12.0 Å². The molecule has 0 heterocycles. The second-order valence-electron chi connectivity index (χ2n) is 5.55. The fraction of sp³-hybridized carbons (Fsp3) is 0.263. The highest BCUT2D eigenvalue weighted by atomic mass is 32.3. The normalized spacial score (nSPS) is 9.50. The highest BCUT2D eigenvalue weighted by Gasteiger charge is 1.99. The maximum atomic E-state index is 10.6. The van der Waals surface area contributed by atoms with Gasteiger partial charge in [0.05, 0.1) is 6.42 Å². The van der Waals surface area contributed by atoms with Crippen LogP contribution in [0, 0.1) is 0 Å². The summed E-state index contributed by atoms with van der Waals surface area (Å²) in [5.41, 5.74) is 1.47. The predicted molar refractivity (Wildman–Crippen MR) is 109 cm³/mol. The van der Waals surface area contributed by atoms with Crippen molar-refractivity contribution in [3.8, 4) is 11.5 Å². The van der Waals surface area contributed by atoms with Gasteiger partial charge < -0.3 is 20.4 Å². The van der Waals surface area contributed by atoms with E-state index in [1.165, 1.54) is 19.1 Å². The zero-order valence-corrected chi connectivity index (χ0v) is 17.3. The molecule has 0 unspecified atom stereocenters. The Bertz CT molecular complexity index is 813. The van der Waals surface area contributed by atoms with Gasteiger partial charge in [0.15, 0.2) is 0 Å². The molecule has 0 saturated heterocycles. The Hall–Kier alpha value is -2.99. The third-order valence-electron chi connectivity index (χ3n) is 2.63. The van der Waals surface area contributed by atoms with Gasteiger partial charge in [-0.2, -0.15) is 8.42 Å². The monoisotopic (exact) mass is 446 g/mol. The number of phenols is 2. The van der Waals surface area contributed by atoms with Gasteiger partial charge in [-0.3, -0.25) is 18.7 Å². The van der Waals surface area contributed by atoms with Crippen LogP contribution in [0.25, 0.3) is 0 Å². The SMILES string of the molecule is CC(=O)Cc1cccc(O)c1.CCO.O=C(O)Cc1cccc(O)c1.O=S(=O)(O)O. The number of carbonyl (C=O) groups is 2. The van der Waals surface area contributed by atoms with E-state index in [0.717, 1.165) is 5.56 Å². The Balaban J connectivity index is 0. The van der Waals surface area contributed by atoms with Crippen LogP contribution in [-0.2, 0) is 32.8 Å². The number of carboxylic acids is 1. The summed E-state index contributed by atoms with van der Waals surface area (Å²) in [6.07, 6.45) is 0.350. The highest BCUT2D eigenvalue weighted by molar-refractivity contribution is 7.79. The van der Waals surface area contributed by atoms with Gasteiger partial charge >= 0.3 is 16.4 Å². The standard InChI is InChI=1S/C9H10O2.C8H8O3.C2H6O.H2O4S/c1-7(10)5-8-3-2-4-9(11)6-8;9-7-3-1-2-6(4-7)5-8(10)11;1-2-3;1-5(2,3)4/h2-4,6,11H,5H2,1H3;1-4,9H,5H2,(H,10,11);3H,2H2,1H3;(H2,1,2,3,4). The van der Waals surface area contributed by atoms with Crippen molar-refractivity contribution in [2.75, 3.05) is 6.61 Å². The van der Waals surface area contributed by atoms with Gasteiger partial charge in [0.1, 0.15) is 17.3 Å². The number of aromatic hydroxyl groups is 2. The first-order valence-electron chi connectivity index (χ1n) is 8.36. The van der Waals surface area contributed by atoms with E-state index in [-0.39, 0.29) is 30.3 Å². The van der Waals surface area contributed by atoms with Crippen molar-refractivity contribution in [3.63, 3.8) is 0 Å². The molecule has 0 bridgehead atoms. The number of ketones is 1. The van der Waals surface area contributed by atoms with E-state index in [2.05, 4.69) is 0 Å². The fourth-order valence-corrected chi connectivity index (χ4v) is 1.79. The summed E-state index contributed by atoms with van der Waals surface area (Å²) in [7, 11) is -4.67.